The highest BCUT2D eigenvalue weighted by molar-refractivity contribution is 7.89. The fourth-order valence-electron chi connectivity index (χ4n) is 5.20. The number of ether oxygens (including phenoxy) is 1. The Hall–Kier alpha value is -1.83. The van der Waals surface area contributed by atoms with E-state index in [-0.39, 0.29) is 28.9 Å². The van der Waals surface area contributed by atoms with Crippen LogP contribution in [0, 0.1) is 12.8 Å². The van der Waals surface area contributed by atoms with Crippen LogP contribution in [0.2, 0.25) is 0 Å². The number of aliphatic hydroxyl groups is 1. The van der Waals surface area contributed by atoms with E-state index in [0.29, 0.717) is 11.6 Å². The summed E-state index contributed by atoms with van der Waals surface area (Å²) in [5, 5.41) is 15.1. The fourth-order valence-corrected chi connectivity index (χ4v) is 6.00. The Morgan fingerprint density at radius 3 is 2.00 bits per heavy atom. The molecule has 0 amide bonds. The van der Waals surface area contributed by atoms with Gasteiger partial charge >= 0.3 is 0 Å². The number of benzene rings is 1. The van der Waals surface area contributed by atoms with Crippen molar-refractivity contribution < 1.29 is 18.3 Å². The molecule has 0 unspecified atom stereocenters. The van der Waals surface area contributed by atoms with E-state index in [4.69, 9.17) is 9.88 Å². The third-order valence-electron chi connectivity index (χ3n) is 7.13. The molecule has 1 aliphatic carbocycles. The van der Waals surface area contributed by atoms with Crippen molar-refractivity contribution in [1.29, 1.82) is 0 Å². The highest BCUT2D eigenvalue weighted by Gasteiger charge is 2.30. The molecule has 1 aliphatic rings. The molecule has 35 heavy (non-hydrogen) atoms. The van der Waals surface area contributed by atoms with E-state index in [1.54, 1.807) is 6.07 Å². The van der Waals surface area contributed by atoms with Crippen LogP contribution in [-0.2, 0) is 27.4 Å². The minimum absolute atomic E-state index is 0.0595. The summed E-state index contributed by atoms with van der Waals surface area (Å²) in [6.07, 6.45) is 6.05. The summed E-state index contributed by atoms with van der Waals surface area (Å²) in [7, 11) is -3.85. The van der Waals surface area contributed by atoms with Crippen molar-refractivity contribution in [2.75, 3.05) is 13.2 Å². The second-order valence-corrected chi connectivity index (χ2v) is 13.6. The lowest BCUT2D eigenvalue weighted by atomic mass is 9.78. The van der Waals surface area contributed by atoms with Crippen molar-refractivity contribution in [3.63, 3.8) is 0 Å². The Labute approximate surface area is 211 Å². The molecule has 0 spiro atoms. The van der Waals surface area contributed by atoms with Crippen LogP contribution >= 0.6 is 0 Å². The van der Waals surface area contributed by atoms with Gasteiger partial charge in [-0.15, -0.1) is 0 Å². The zero-order valence-corrected chi connectivity index (χ0v) is 23.4. The average molecular weight is 505 g/mol. The average Bonchev–Trinajstić information content (AvgIpc) is 3.07. The number of aromatic nitrogens is 1. The monoisotopic (exact) mass is 504 g/mol. The van der Waals surface area contributed by atoms with Gasteiger partial charge in [0.15, 0.2) is 0 Å². The topological polar surface area (TPSA) is 94.6 Å². The summed E-state index contributed by atoms with van der Waals surface area (Å²) in [6.45, 7) is 15.7. The van der Waals surface area contributed by atoms with Gasteiger partial charge in [-0.1, -0.05) is 60.8 Å². The standard InChI is InChI=1S/C28H44N2O4S/c1-19-25(35(29,32)33)17-24(30(19)18-20-11-9-8-10-12-20)21-15-22(27(2,3)4)26(34-14-13-31)23(16-21)28(5,6)7/h15-17,20,31H,8-14,18H2,1-7H3,(H2,29,32,33). The normalized spacial score (nSPS) is 16.0. The maximum absolute atomic E-state index is 12.5. The van der Waals surface area contributed by atoms with Crippen LogP contribution in [0.15, 0.2) is 23.1 Å². The summed E-state index contributed by atoms with van der Waals surface area (Å²) < 4.78 is 33.3. The first-order chi connectivity index (χ1) is 16.1. The first-order valence-corrected chi connectivity index (χ1v) is 14.3. The van der Waals surface area contributed by atoms with Crippen molar-refractivity contribution in [2.45, 2.75) is 103 Å². The molecule has 6 nitrogen and oxygen atoms in total. The third-order valence-corrected chi connectivity index (χ3v) is 8.16. The van der Waals surface area contributed by atoms with E-state index in [2.05, 4.69) is 58.2 Å². The number of aliphatic hydroxyl groups excluding tert-OH is 1. The Kier molecular flexibility index (Phi) is 8.14. The highest BCUT2D eigenvalue weighted by atomic mass is 32.2. The third kappa shape index (κ3) is 6.30. The second-order valence-electron chi connectivity index (χ2n) is 12.1. The lowest BCUT2D eigenvalue weighted by Crippen LogP contribution is -2.21. The first kappa shape index (κ1) is 27.8. The number of nitrogens with two attached hydrogens (primary N) is 1. The van der Waals surface area contributed by atoms with Crippen LogP contribution in [0.1, 0.15) is 90.5 Å². The maximum atomic E-state index is 12.5. The molecule has 1 fully saturated rings. The molecule has 0 bridgehead atoms. The van der Waals surface area contributed by atoms with Crippen LogP contribution in [0.3, 0.4) is 0 Å². The predicted octanol–water partition coefficient (Wildman–Crippen LogP) is 5.66. The molecule has 0 radical (unpaired) electrons. The van der Waals surface area contributed by atoms with Gasteiger partial charge in [0.25, 0.3) is 0 Å². The number of sulfonamides is 1. The van der Waals surface area contributed by atoms with Crippen molar-refractivity contribution in [2.24, 2.45) is 11.1 Å². The van der Waals surface area contributed by atoms with Gasteiger partial charge in [0.1, 0.15) is 17.3 Å². The van der Waals surface area contributed by atoms with Gasteiger partial charge in [0.2, 0.25) is 10.0 Å². The summed E-state index contributed by atoms with van der Waals surface area (Å²) >= 11 is 0. The molecule has 3 N–H and O–H groups in total. The van der Waals surface area contributed by atoms with E-state index in [9.17, 15) is 13.5 Å². The van der Waals surface area contributed by atoms with Gasteiger partial charge in [-0.25, -0.2) is 13.6 Å². The SMILES string of the molecule is Cc1c(S(N)(=O)=O)cc(-c2cc(C(C)(C)C)c(OCCO)c(C(C)(C)C)c2)n1CC1CCCCC1. The van der Waals surface area contributed by atoms with Crippen LogP contribution in [0.5, 0.6) is 5.75 Å². The van der Waals surface area contributed by atoms with Crippen molar-refractivity contribution in [1.82, 2.24) is 4.57 Å². The van der Waals surface area contributed by atoms with E-state index in [1.807, 2.05) is 6.92 Å². The van der Waals surface area contributed by atoms with E-state index >= 15 is 0 Å². The molecule has 196 valence electrons. The summed E-state index contributed by atoms with van der Waals surface area (Å²) in [5.74, 6) is 1.33. The number of nitrogens with zero attached hydrogens (tertiary/aromatic N) is 1. The quantitative estimate of drug-likeness (QED) is 0.509. The van der Waals surface area contributed by atoms with Gasteiger partial charge in [-0.05, 0) is 60.3 Å². The van der Waals surface area contributed by atoms with Crippen LogP contribution in [0.4, 0.5) is 0 Å². The minimum Gasteiger partial charge on any atom is -0.491 e. The van der Waals surface area contributed by atoms with Crippen LogP contribution in [0.25, 0.3) is 11.3 Å². The van der Waals surface area contributed by atoms with E-state index < -0.39 is 10.0 Å². The lowest BCUT2D eigenvalue weighted by molar-refractivity contribution is 0.196. The molecule has 1 saturated carbocycles. The molecule has 1 aromatic carbocycles. The predicted molar refractivity (Wildman–Crippen MR) is 143 cm³/mol. The maximum Gasteiger partial charge on any atom is 0.239 e. The molecular weight excluding hydrogens is 460 g/mol. The minimum atomic E-state index is -3.85. The Morgan fingerprint density at radius 2 is 1.54 bits per heavy atom. The lowest BCUT2D eigenvalue weighted by Gasteiger charge is -2.31. The molecule has 1 aromatic heterocycles. The number of hydrogen-bond donors (Lipinski definition) is 2. The van der Waals surface area contributed by atoms with Crippen molar-refractivity contribution >= 4 is 10.0 Å². The fraction of sp³-hybridized carbons (Fsp3) is 0.643. The number of rotatable bonds is 7. The molecule has 2 aromatic rings. The number of hydrogen-bond acceptors (Lipinski definition) is 4. The van der Waals surface area contributed by atoms with E-state index in [0.717, 1.165) is 47.5 Å². The van der Waals surface area contributed by atoms with Crippen LogP contribution in [-0.4, -0.2) is 31.3 Å². The van der Waals surface area contributed by atoms with Crippen molar-refractivity contribution in [3.05, 3.63) is 35.0 Å². The highest BCUT2D eigenvalue weighted by Crippen LogP contribution is 2.44. The van der Waals surface area contributed by atoms with Gasteiger partial charge in [0.05, 0.1) is 6.61 Å². The Bertz CT molecular complexity index is 1110. The Morgan fingerprint density at radius 1 is 1.00 bits per heavy atom. The van der Waals surface area contributed by atoms with Gasteiger partial charge in [-0.3, -0.25) is 0 Å². The van der Waals surface area contributed by atoms with Crippen molar-refractivity contribution in [3.8, 4) is 17.0 Å². The second kappa shape index (κ2) is 10.3. The van der Waals surface area contributed by atoms with Crippen LogP contribution < -0.4 is 9.88 Å². The molecule has 0 aliphatic heterocycles. The molecular formula is C28H44N2O4S. The molecule has 7 heteroatoms. The van der Waals surface area contributed by atoms with Gasteiger partial charge < -0.3 is 14.4 Å². The summed E-state index contributed by atoms with van der Waals surface area (Å²) in [5.41, 5.74) is 4.16. The van der Waals surface area contributed by atoms with Gasteiger partial charge in [0, 0.05) is 29.1 Å². The number of primary sulfonamides is 1. The summed E-state index contributed by atoms with van der Waals surface area (Å²) in [6, 6.07) is 6.00. The molecule has 1 heterocycles. The van der Waals surface area contributed by atoms with Gasteiger partial charge in [-0.2, -0.15) is 0 Å². The zero-order valence-electron chi connectivity index (χ0n) is 22.6. The largest absolute Gasteiger partial charge is 0.491 e. The molecule has 0 saturated heterocycles. The van der Waals surface area contributed by atoms with E-state index in [1.165, 1.54) is 19.3 Å². The smallest absolute Gasteiger partial charge is 0.239 e. The Balaban J connectivity index is 2.30. The summed E-state index contributed by atoms with van der Waals surface area (Å²) in [4.78, 5) is 0.193. The molecule has 3 rings (SSSR count). The molecule has 0 atom stereocenters. The zero-order chi connectivity index (χ0) is 26.2. The first-order valence-electron chi connectivity index (χ1n) is 12.8.